The lowest BCUT2D eigenvalue weighted by Gasteiger charge is -2.57. The molecule has 5 rings (SSSR count). The molecule has 4 fully saturated rings. The standard InChI is InChI=1S/C21H31O6P/c1-5-26-28(22,25-4)27-20-18(23-2)9-17(10-19(20)24-3)21-11-14-6-15(12-21)8-16(7-14)13-21/h9-10,14-16H,5-8,11-13H2,1-4H3. The number of ether oxygens (including phenoxy) is 2. The zero-order chi connectivity index (χ0) is 19.9. The van der Waals surface area contributed by atoms with Crippen molar-refractivity contribution in [1.29, 1.82) is 0 Å². The monoisotopic (exact) mass is 410 g/mol. The average Bonchev–Trinajstić information content (AvgIpc) is 2.67. The van der Waals surface area contributed by atoms with E-state index in [4.69, 9.17) is 23.0 Å². The fourth-order valence-corrected chi connectivity index (χ4v) is 7.08. The van der Waals surface area contributed by atoms with E-state index in [2.05, 4.69) is 0 Å². The smallest absolute Gasteiger partial charge is 0.493 e. The van der Waals surface area contributed by atoms with Gasteiger partial charge >= 0.3 is 7.82 Å². The van der Waals surface area contributed by atoms with E-state index in [-0.39, 0.29) is 17.8 Å². The molecule has 4 saturated carbocycles. The molecule has 0 aromatic heterocycles. The van der Waals surface area contributed by atoms with Crippen LogP contribution in [0.15, 0.2) is 12.1 Å². The molecular formula is C21H31O6P. The Labute approximate surface area is 167 Å². The van der Waals surface area contributed by atoms with Crippen LogP contribution in [0.5, 0.6) is 17.2 Å². The Morgan fingerprint density at radius 3 is 1.86 bits per heavy atom. The SMILES string of the molecule is CCOP(=O)(OC)Oc1c(OC)cc(C23CC4CC(CC(C4)C2)C3)cc1OC. The van der Waals surface area contributed by atoms with Crippen molar-refractivity contribution in [3.63, 3.8) is 0 Å². The summed E-state index contributed by atoms with van der Waals surface area (Å²) in [6, 6.07) is 4.08. The predicted octanol–water partition coefficient (Wildman–Crippen LogP) is 5.34. The molecule has 0 radical (unpaired) electrons. The maximum absolute atomic E-state index is 12.7. The van der Waals surface area contributed by atoms with Crippen LogP contribution in [0.2, 0.25) is 0 Å². The Hall–Kier alpha value is -1.23. The normalized spacial score (nSPS) is 32.8. The van der Waals surface area contributed by atoms with E-state index in [1.54, 1.807) is 21.1 Å². The van der Waals surface area contributed by atoms with Crippen LogP contribution < -0.4 is 14.0 Å². The Bertz CT molecular complexity index is 716. The first-order chi connectivity index (χ1) is 13.4. The first-order valence-electron chi connectivity index (χ1n) is 10.2. The Morgan fingerprint density at radius 2 is 1.46 bits per heavy atom. The molecule has 28 heavy (non-hydrogen) atoms. The van der Waals surface area contributed by atoms with E-state index in [1.165, 1.54) is 51.2 Å². The molecule has 4 aliphatic rings. The summed E-state index contributed by atoms with van der Waals surface area (Å²) in [7, 11) is 0.743. The molecule has 0 heterocycles. The van der Waals surface area contributed by atoms with Crippen LogP contribution >= 0.6 is 7.82 Å². The van der Waals surface area contributed by atoms with Gasteiger partial charge in [-0.3, -0.25) is 9.05 Å². The van der Waals surface area contributed by atoms with Crippen molar-refractivity contribution >= 4 is 7.82 Å². The number of phosphoric acid groups is 1. The van der Waals surface area contributed by atoms with Gasteiger partial charge in [0.1, 0.15) is 0 Å². The highest BCUT2D eigenvalue weighted by molar-refractivity contribution is 7.48. The average molecular weight is 410 g/mol. The summed E-state index contributed by atoms with van der Waals surface area (Å²) >= 11 is 0. The third-order valence-electron chi connectivity index (χ3n) is 6.83. The summed E-state index contributed by atoms with van der Waals surface area (Å²) in [5.41, 5.74) is 1.44. The molecule has 0 amide bonds. The van der Waals surface area contributed by atoms with E-state index >= 15 is 0 Å². The first-order valence-corrected chi connectivity index (χ1v) is 11.7. The van der Waals surface area contributed by atoms with Crippen molar-refractivity contribution in [2.75, 3.05) is 27.9 Å². The van der Waals surface area contributed by atoms with Gasteiger partial charge in [-0.15, -0.1) is 0 Å². The summed E-state index contributed by atoms with van der Waals surface area (Å²) in [5.74, 6) is 3.78. The molecule has 0 spiro atoms. The van der Waals surface area contributed by atoms with Crippen molar-refractivity contribution in [2.45, 2.75) is 50.9 Å². The molecule has 0 aliphatic heterocycles. The van der Waals surface area contributed by atoms with Gasteiger partial charge in [-0.05, 0) is 86.3 Å². The van der Waals surface area contributed by atoms with Crippen molar-refractivity contribution < 1.29 is 27.6 Å². The van der Waals surface area contributed by atoms with Gasteiger partial charge in [0, 0.05) is 7.11 Å². The number of methoxy groups -OCH3 is 2. The van der Waals surface area contributed by atoms with E-state index in [1.807, 2.05) is 12.1 Å². The fraction of sp³-hybridized carbons (Fsp3) is 0.714. The minimum Gasteiger partial charge on any atom is -0.493 e. The molecule has 4 aliphatic carbocycles. The lowest BCUT2D eigenvalue weighted by Crippen LogP contribution is -2.48. The van der Waals surface area contributed by atoms with Crippen LogP contribution in [0.3, 0.4) is 0 Å². The molecule has 7 heteroatoms. The molecule has 1 atom stereocenters. The third kappa shape index (κ3) is 3.44. The summed E-state index contributed by atoms with van der Waals surface area (Å²) < 4.78 is 39.9. The van der Waals surface area contributed by atoms with Gasteiger partial charge in [0.25, 0.3) is 0 Å². The van der Waals surface area contributed by atoms with Crippen molar-refractivity contribution in [3.05, 3.63) is 17.7 Å². The zero-order valence-electron chi connectivity index (χ0n) is 17.2. The van der Waals surface area contributed by atoms with E-state index < -0.39 is 7.82 Å². The number of phosphoric ester groups is 1. The number of rotatable bonds is 8. The molecule has 4 bridgehead atoms. The predicted molar refractivity (Wildman–Crippen MR) is 106 cm³/mol. The highest BCUT2D eigenvalue weighted by atomic mass is 31.2. The van der Waals surface area contributed by atoms with Gasteiger partial charge in [-0.25, -0.2) is 4.57 Å². The number of hydrogen-bond donors (Lipinski definition) is 0. The van der Waals surface area contributed by atoms with Crippen molar-refractivity contribution in [1.82, 2.24) is 0 Å². The molecule has 1 aromatic rings. The van der Waals surface area contributed by atoms with E-state index in [0.29, 0.717) is 11.5 Å². The van der Waals surface area contributed by atoms with Gasteiger partial charge in [0.15, 0.2) is 11.5 Å². The third-order valence-corrected chi connectivity index (χ3v) is 8.25. The lowest BCUT2D eigenvalue weighted by molar-refractivity contribution is -0.00537. The largest absolute Gasteiger partial charge is 0.530 e. The van der Waals surface area contributed by atoms with Crippen LogP contribution in [-0.2, 0) is 19.0 Å². The Morgan fingerprint density at radius 1 is 0.964 bits per heavy atom. The number of hydrogen-bond acceptors (Lipinski definition) is 6. The first kappa shape index (κ1) is 20.1. The molecule has 6 nitrogen and oxygen atoms in total. The fourth-order valence-electron chi connectivity index (χ4n) is 6.13. The maximum Gasteiger partial charge on any atom is 0.530 e. The van der Waals surface area contributed by atoms with Gasteiger partial charge in [0.2, 0.25) is 5.75 Å². The lowest BCUT2D eigenvalue weighted by atomic mass is 9.48. The van der Waals surface area contributed by atoms with Crippen LogP contribution in [-0.4, -0.2) is 27.9 Å². The maximum atomic E-state index is 12.7. The Kier molecular flexibility index (Phi) is 5.41. The van der Waals surface area contributed by atoms with Crippen LogP contribution in [0, 0.1) is 17.8 Å². The van der Waals surface area contributed by atoms with E-state index in [9.17, 15) is 4.57 Å². The molecule has 1 unspecified atom stereocenters. The molecule has 156 valence electrons. The molecule has 0 N–H and O–H groups in total. The molecular weight excluding hydrogens is 379 g/mol. The topological polar surface area (TPSA) is 63.2 Å². The Balaban J connectivity index is 1.72. The quantitative estimate of drug-likeness (QED) is 0.539. The molecule has 1 aromatic carbocycles. The van der Waals surface area contributed by atoms with Crippen molar-refractivity contribution in [2.24, 2.45) is 17.8 Å². The summed E-state index contributed by atoms with van der Waals surface area (Å²) in [6.45, 7) is 1.95. The zero-order valence-corrected chi connectivity index (χ0v) is 18.1. The minimum absolute atomic E-state index is 0.193. The second-order valence-electron chi connectivity index (χ2n) is 8.55. The van der Waals surface area contributed by atoms with Gasteiger partial charge in [0.05, 0.1) is 20.8 Å². The second-order valence-corrected chi connectivity index (χ2v) is 10.2. The summed E-state index contributed by atoms with van der Waals surface area (Å²) in [5, 5.41) is 0. The summed E-state index contributed by atoms with van der Waals surface area (Å²) in [4.78, 5) is 0. The van der Waals surface area contributed by atoms with Gasteiger partial charge in [-0.2, -0.15) is 0 Å². The minimum atomic E-state index is -3.74. The van der Waals surface area contributed by atoms with Gasteiger partial charge in [-0.1, -0.05) is 0 Å². The highest BCUT2D eigenvalue weighted by Crippen LogP contribution is 2.62. The van der Waals surface area contributed by atoms with E-state index in [0.717, 1.165) is 17.8 Å². The number of benzene rings is 1. The highest BCUT2D eigenvalue weighted by Gasteiger charge is 2.52. The summed E-state index contributed by atoms with van der Waals surface area (Å²) in [6.07, 6.45) is 7.88. The van der Waals surface area contributed by atoms with Crippen LogP contribution in [0.25, 0.3) is 0 Å². The second kappa shape index (κ2) is 7.55. The molecule has 0 saturated heterocycles. The van der Waals surface area contributed by atoms with Crippen LogP contribution in [0.4, 0.5) is 0 Å². The van der Waals surface area contributed by atoms with Gasteiger partial charge < -0.3 is 14.0 Å². The van der Waals surface area contributed by atoms with Crippen LogP contribution in [0.1, 0.15) is 51.0 Å². The van der Waals surface area contributed by atoms with Crippen molar-refractivity contribution in [3.8, 4) is 17.2 Å².